The summed E-state index contributed by atoms with van der Waals surface area (Å²) in [7, 11) is 1.80. The number of hydrogen-bond acceptors (Lipinski definition) is 7. The summed E-state index contributed by atoms with van der Waals surface area (Å²) in [5.74, 6) is 0.495. The predicted octanol–water partition coefficient (Wildman–Crippen LogP) is 5.35. The molecule has 1 unspecified atom stereocenters. The number of nitrogens with zero attached hydrogens (tertiary/aromatic N) is 5. The van der Waals surface area contributed by atoms with E-state index >= 15 is 4.39 Å². The molecule has 0 saturated heterocycles. The van der Waals surface area contributed by atoms with Crippen molar-refractivity contribution in [1.29, 1.82) is 0 Å². The maximum Gasteiger partial charge on any atom is 0.262 e. The van der Waals surface area contributed by atoms with Gasteiger partial charge in [-0.25, -0.2) is 13.9 Å². The molecule has 3 aromatic heterocycles. The highest BCUT2D eigenvalue weighted by Gasteiger charge is 2.27. The zero-order chi connectivity index (χ0) is 29.2. The van der Waals surface area contributed by atoms with Crippen LogP contribution in [-0.4, -0.2) is 37.5 Å². The van der Waals surface area contributed by atoms with Crippen molar-refractivity contribution < 1.29 is 9.50 Å². The van der Waals surface area contributed by atoms with E-state index in [0.717, 1.165) is 31.4 Å². The first kappa shape index (κ1) is 27.3. The van der Waals surface area contributed by atoms with Crippen LogP contribution < -0.4 is 16.6 Å². The number of aliphatic hydroxyl groups excluding tert-OH is 1. The second-order valence-corrected chi connectivity index (χ2v) is 10.6. The SMILES string of the molecule is CN=CC1CCC(c2cc(-c3ccc(NC(O)c4cccn(-c5ccccc5)c4=O)cc3F)c3c(N)ncnn23)CC1. The molecular formula is C32H32FN7O2. The fourth-order valence-electron chi connectivity index (χ4n) is 5.93. The van der Waals surface area contributed by atoms with Crippen LogP contribution in [0, 0.1) is 11.7 Å². The molecule has 3 heterocycles. The van der Waals surface area contributed by atoms with E-state index in [4.69, 9.17) is 5.73 Å². The van der Waals surface area contributed by atoms with Crippen molar-refractivity contribution in [2.75, 3.05) is 18.1 Å². The summed E-state index contributed by atoms with van der Waals surface area (Å²) in [5, 5.41) is 18.2. The second kappa shape index (κ2) is 11.6. The molecule has 9 nitrogen and oxygen atoms in total. The largest absolute Gasteiger partial charge is 0.382 e. The van der Waals surface area contributed by atoms with E-state index in [-0.39, 0.29) is 22.9 Å². The Bertz CT molecular complexity index is 1810. The van der Waals surface area contributed by atoms with E-state index in [9.17, 15) is 9.90 Å². The van der Waals surface area contributed by atoms with Crippen molar-refractivity contribution >= 4 is 23.2 Å². The van der Waals surface area contributed by atoms with Gasteiger partial charge in [-0.2, -0.15) is 5.10 Å². The third kappa shape index (κ3) is 5.16. The normalized spacial score (nSPS) is 18.0. The van der Waals surface area contributed by atoms with Crippen LogP contribution in [0.25, 0.3) is 22.3 Å². The van der Waals surface area contributed by atoms with Gasteiger partial charge in [0.05, 0.1) is 5.56 Å². The quantitative estimate of drug-likeness (QED) is 0.181. The van der Waals surface area contributed by atoms with Crippen LogP contribution in [0.1, 0.15) is 49.1 Å². The minimum absolute atomic E-state index is 0.138. The van der Waals surface area contributed by atoms with Crippen molar-refractivity contribution in [1.82, 2.24) is 19.2 Å². The van der Waals surface area contributed by atoms with Crippen LogP contribution in [0.4, 0.5) is 15.9 Å². The molecule has 1 atom stereocenters. The van der Waals surface area contributed by atoms with Gasteiger partial charge in [-0.3, -0.25) is 9.36 Å². The Kier molecular flexibility index (Phi) is 7.54. The number of aliphatic imine (C=N–C) groups is 1. The molecule has 0 spiro atoms. The Morgan fingerprint density at radius 1 is 1.07 bits per heavy atom. The number of aromatic nitrogens is 4. The zero-order valence-corrected chi connectivity index (χ0v) is 23.2. The standard InChI is InChI=1S/C32H32FN7O2/c1-35-18-20-9-11-21(12-10-20)28-17-26(29-30(34)36-19-37-40(28)29)24-14-13-22(16-27(24)33)38-31(41)25-8-5-15-39(32(25)42)23-6-3-2-4-7-23/h2-8,13-21,31,38,41H,9-12H2,1H3,(H2,34,36,37). The van der Waals surface area contributed by atoms with E-state index in [1.54, 1.807) is 54.2 Å². The van der Waals surface area contributed by atoms with Crippen molar-refractivity contribution in [2.24, 2.45) is 10.9 Å². The molecular weight excluding hydrogens is 533 g/mol. The Hall–Kier alpha value is -4.83. The molecule has 0 radical (unpaired) electrons. The number of halogens is 1. The summed E-state index contributed by atoms with van der Waals surface area (Å²) in [5.41, 5.74) is 9.55. The number of pyridine rings is 1. The van der Waals surface area contributed by atoms with Crippen molar-refractivity contribution in [3.63, 3.8) is 0 Å². The maximum atomic E-state index is 15.7. The molecule has 5 aromatic rings. The highest BCUT2D eigenvalue weighted by Crippen LogP contribution is 2.40. The number of nitrogens with one attached hydrogen (secondary N) is 1. The van der Waals surface area contributed by atoms with Crippen LogP contribution in [0.5, 0.6) is 0 Å². The number of hydrogen-bond donors (Lipinski definition) is 3. The Balaban J connectivity index is 1.29. The minimum atomic E-state index is -1.35. The highest BCUT2D eigenvalue weighted by atomic mass is 19.1. The second-order valence-electron chi connectivity index (χ2n) is 10.6. The highest BCUT2D eigenvalue weighted by molar-refractivity contribution is 5.89. The van der Waals surface area contributed by atoms with Crippen molar-refractivity contribution in [3.05, 3.63) is 107 Å². The average molecular weight is 566 g/mol. The Morgan fingerprint density at radius 2 is 1.86 bits per heavy atom. The van der Waals surface area contributed by atoms with E-state index < -0.39 is 12.0 Å². The number of nitrogens with two attached hydrogens (primary N) is 1. The van der Waals surface area contributed by atoms with Gasteiger partial charge in [0.15, 0.2) is 12.0 Å². The monoisotopic (exact) mass is 565 g/mol. The lowest BCUT2D eigenvalue weighted by molar-refractivity contribution is 0.206. The first-order valence-electron chi connectivity index (χ1n) is 14.0. The smallest absolute Gasteiger partial charge is 0.262 e. The number of aliphatic hydroxyl groups is 1. The fourth-order valence-corrected chi connectivity index (χ4v) is 5.93. The summed E-state index contributed by atoms with van der Waals surface area (Å²) in [6.07, 6.45) is 7.74. The number of benzene rings is 2. The first-order valence-corrected chi connectivity index (χ1v) is 14.0. The van der Waals surface area contributed by atoms with Gasteiger partial charge >= 0.3 is 0 Å². The van der Waals surface area contributed by atoms with Gasteiger partial charge in [0.1, 0.15) is 17.7 Å². The maximum absolute atomic E-state index is 15.7. The van der Waals surface area contributed by atoms with Gasteiger partial charge < -0.3 is 21.1 Å². The average Bonchev–Trinajstić information content (AvgIpc) is 3.39. The van der Waals surface area contributed by atoms with Gasteiger partial charge in [0, 0.05) is 53.6 Å². The van der Waals surface area contributed by atoms with Crippen LogP contribution in [0.2, 0.25) is 0 Å². The van der Waals surface area contributed by atoms with Gasteiger partial charge in [-0.15, -0.1) is 0 Å². The van der Waals surface area contributed by atoms with Crippen LogP contribution >= 0.6 is 0 Å². The number of fused-ring (bicyclic) bond motifs is 1. The molecule has 214 valence electrons. The Labute approximate surface area is 242 Å². The van der Waals surface area contributed by atoms with E-state index in [1.807, 2.05) is 30.5 Å². The van der Waals surface area contributed by atoms with Gasteiger partial charge in [0.2, 0.25) is 0 Å². The van der Waals surface area contributed by atoms with Crippen molar-refractivity contribution in [2.45, 2.75) is 37.8 Å². The minimum Gasteiger partial charge on any atom is -0.382 e. The molecule has 42 heavy (non-hydrogen) atoms. The molecule has 4 N–H and O–H groups in total. The molecule has 0 bridgehead atoms. The van der Waals surface area contributed by atoms with Crippen molar-refractivity contribution in [3.8, 4) is 16.8 Å². The molecule has 1 saturated carbocycles. The zero-order valence-electron chi connectivity index (χ0n) is 23.2. The molecule has 0 aliphatic heterocycles. The fraction of sp³-hybridized carbons (Fsp3) is 0.250. The molecule has 6 rings (SSSR count). The summed E-state index contributed by atoms with van der Waals surface area (Å²) < 4.78 is 19.0. The van der Waals surface area contributed by atoms with Crippen LogP contribution in [0.15, 0.2) is 89.0 Å². The third-order valence-corrected chi connectivity index (χ3v) is 8.03. The number of anilines is 2. The van der Waals surface area contributed by atoms with E-state index in [1.165, 1.54) is 17.0 Å². The molecule has 1 aliphatic rings. The summed E-state index contributed by atoms with van der Waals surface area (Å²) in [6.45, 7) is 0. The van der Waals surface area contributed by atoms with E-state index in [0.29, 0.717) is 33.9 Å². The lowest BCUT2D eigenvalue weighted by Gasteiger charge is -2.26. The number of para-hydroxylation sites is 1. The van der Waals surface area contributed by atoms with Gasteiger partial charge in [0.25, 0.3) is 5.56 Å². The van der Waals surface area contributed by atoms with Crippen LogP contribution in [0.3, 0.4) is 0 Å². The number of nitrogen functional groups attached to an aromatic ring is 1. The molecule has 1 aliphatic carbocycles. The summed E-state index contributed by atoms with van der Waals surface area (Å²) in [4.78, 5) is 21.5. The van der Waals surface area contributed by atoms with Gasteiger partial charge in [-0.05, 0) is 80.1 Å². The van der Waals surface area contributed by atoms with Gasteiger partial charge in [-0.1, -0.05) is 18.2 Å². The first-order chi connectivity index (χ1) is 20.4. The molecule has 0 amide bonds. The number of rotatable bonds is 7. The lowest BCUT2D eigenvalue weighted by Crippen LogP contribution is -2.26. The summed E-state index contributed by atoms with van der Waals surface area (Å²) >= 11 is 0. The lowest BCUT2D eigenvalue weighted by atomic mass is 9.81. The van der Waals surface area contributed by atoms with E-state index in [2.05, 4.69) is 20.4 Å². The topological polar surface area (TPSA) is 123 Å². The predicted molar refractivity (Wildman–Crippen MR) is 163 cm³/mol. The third-order valence-electron chi connectivity index (χ3n) is 8.03. The summed E-state index contributed by atoms with van der Waals surface area (Å²) in [6, 6.07) is 18.9. The molecule has 1 fully saturated rings. The Morgan fingerprint density at radius 3 is 2.60 bits per heavy atom. The molecule has 2 aromatic carbocycles. The molecule has 10 heteroatoms. The van der Waals surface area contributed by atoms with Crippen LogP contribution in [-0.2, 0) is 0 Å².